The average Bonchev–Trinajstić information content (AvgIpc) is 3.03. The normalized spacial score (nSPS) is 10.8. The van der Waals surface area contributed by atoms with E-state index in [1.54, 1.807) is 109 Å². The fraction of sp³-hybridized carbons (Fsp3) is 0. The summed E-state index contributed by atoms with van der Waals surface area (Å²) in [5.74, 6) is -2.01. The van der Waals surface area contributed by atoms with Gasteiger partial charge in [-0.25, -0.2) is 9.59 Å². The van der Waals surface area contributed by atoms with Crippen molar-refractivity contribution in [1.29, 1.82) is 0 Å². The largest absolute Gasteiger partial charge is 0.386 e. The van der Waals surface area contributed by atoms with Crippen molar-refractivity contribution in [1.82, 2.24) is 0 Å². The Morgan fingerprint density at radius 2 is 0.634 bits per heavy atom. The van der Waals surface area contributed by atoms with Gasteiger partial charge >= 0.3 is 11.9 Å². The van der Waals surface area contributed by atoms with E-state index in [2.05, 4.69) is 0 Å². The maximum atomic E-state index is 13.3. The maximum absolute atomic E-state index is 13.3. The summed E-state index contributed by atoms with van der Waals surface area (Å²) >= 11 is 0. The van der Waals surface area contributed by atoms with Crippen LogP contribution in [0.5, 0.6) is 0 Å². The van der Waals surface area contributed by atoms with Gasteiger partial charge in [-0.1, -0.05) is 109 Å². The molecule has 0 aliphatic rings. The number of fused-ring (bicyclic) bond motifs is 2. The standard InChI is InChI=1S/C36H22O5/c37-33(23-11-3-1-4-12-23)29-19-21-31(27-17-9-7-15-25(27)29)35(39)41-36(40)32-22-20-30(26-16-8-10-18-28(26)32)34(38)24-13-5-2-6-14-24/h1-22H. The third kappa shape index (κ3) is 4.81. The zero-order valence-electron chi connectivity index (χ0n) is 21.7. The molecule has 5 heteroatoms. The maximum Gasteiger partial charge on any atom is 0.346 e. The molecule has 0 saturated carbocycles. The summed E-state index contributed by atoms with van der Waals surface area (Å²) in [6.07, 6.45) is 0. The minimum Gasteiger partial charge on any atom is -0.386 e. The second-order valence-electron chi connectivity index (χ2n) is 9.48. The van der Waals surface area contributed by atoms with Crippen molar-refractivity contribution in [2.24, 2.45) is 0 Å². The van der Waals surface area contributed by atoms with Crippen LogP contribution in [-0.4, -0.2) is 23.5 Å². The van der Waals surface area contributed by atoms with Crippen LogP contribution in [-0.2, 0) is 4.74 Å². The van der Waals surface area contributed by atoms with Crippen molar-refractivity contribution in [3.8, 4) is 0 Å². The number of esters is 2. The number of ether oxygens (including phenoxy) is 1. The first-order chi connectivity index (χ1) is 20.0. The van der Waals surface area contributed by atoms with E-state index in [0.29, 0.717) is 43.8 Å². The monoisotopic (exact) mass is 534 g/mol. The second kappa shape index (κ2) is 10.8. The fourth-order valence-corrected chi connectivity index (χ4v) is 5.03. The lowest BCUT2D eigenvalue weighted by atomic mass is 9.94. The number of ketones is 2. The van der Waals surface area contributed by atoms with Crippen LogP contribution < -0.4 is 0 Å². The summed E-state index contributed by atoms with van der Waals surface area (Å²) in [4.78, 5) is 53.0. The molecule has 0 atom stereocenters. The van der Waals surface area contributed by atoms with Crippen molar-refractivity contribution >= 4 is 45.0 Å². The van der Waals surface area contributed by atoms with Crippen LogP contribution in [0.1, 0.15) is 52.6 Å². The van der Waals surface area contributed by atoms with Gasteiger partial charge in [0, 0.05) is 22.3 Å². The zero-order valence-corrected chi connectivity index (χ0v) is 21.7. The Kier molecular flexibility index (Phi) is 6.76. The van der Waals surface area contributed by atoms with Crippen molar-refractivity contribution in [3.05, 3.63) is 167 Å². The molecule has 0 aliphatic carbocycles. The minimum atomic E-state index is -0.835. The molecule has 0 spiro atoms. The molecule has 0 saturated heterocycles. The summed E-state index contributed by atoms with van der Waals surface area (Å²) in [6, 6.07) is 38.0. The molecular weight excluding hydrogens is 512 g/mol. The quantitative estimate of drug-likeness (QED) is 0.126. The van der Waals surface area contributed by atoms with Gasteiger partial charge < -0.3 is 4.74 Å². The highest BCUT2D eigenvalue weighted by atomic mass is 16.6. The van der Waals surface area contributed by atoms with Crippen LogP contribution in [0, 0.1) is 0 Å². The summed E-state index contributed by atoms with van der Waals surface area (Å²) in [5, 5.41) is 2.16. The number of carbonyl (C=O) groups excluding carboxylic acids is 4. The van der Waals surface area contributed by atoms with Crippen molar-refractivity contribution < 1.29 is 23.9 Å². The number of rotatable bonds is 6. The topological polar surface area (TPSA) is 77.5 Å². The van der Waals surface area contributed by atoms with Gasteiger partial charge in [-0.05, 0) is 45.8 Å². The first kappa shape index (κ1) is 25.6. The van der Waals surface area contributed by atoms with E-state index in [9.17, 15) is 19.2 Å². The molecule has 0 radical (unpaired) electrons. The highest BCUT2D eigenvalue weighted by Gasteiger charge is 2.23. The van der Waals surface area contributed by atoms with E-state index in [-0.39, 0.29) is 22.7 Å². The van der Waals surface area contributed by atoms with Gasteiger partial charge in [-0.3, -0.25) is 9.59 Å². The smallest absolute Gasteiger partial charge is 0.346 e. The number of carbonyl (C=O) groups is 4. The molecule has 0 unspecified atom stereocenters. The van der Waals surface area contributed by atoms with Gasteiger partial charge in [-0.2, -0.15) is 0 Å². The molecule has 6 rings (SSSR count). The van der Waals surface area contributed by atoms with Crippen LogP contribution in [0.2, 0.25) is 0 Å². The van der Waals surface area contributed by atoms with E-state index in [1.807, 2.05) is 12.1 Å². The predicted molar refractivity (Wildman–Crippen MR) is 157 cm³/mol. The first-order valence-electron chi connectivity index (χ1n) is 13.0. The number of hydrogen-bond donors (Lipinski definition) is 0. The van der Waals surface area contributed by atoms with Gasteiger partial charge in [0.15, 0.2) is 11.6 Å². The second-order valence-corrected chi connectivity index (χ2v) is 9.48. The molecule has 0 bridgehead atoms. The lowest BCUT2D eigenvalue weighted by Crippen LogP contribution is -2.15. The molecule has 0 N–H and O–H groups in total. The first-order valence-corrected chi connectivity index (χ1v) is 13.0. The molecule has 0 aromatic heterocycles. The van der Waals surface area contributed by atoms with E-state index in [0.717, 1.165) is 0 Å². The van der Waals surface area contributed by atoms with Crippen molar-refractivity contribution in [2.45, 2.75) is 0 Å². The summed E-state index contributed by atoms with van der Waals surface area (Å²) in [5.41, 5.74) is 2.28. The fourth-order valence-electron chi connectivity index (χ4n) is 5.03. The summed E-state index contributed by atoms with van der Waals surface area (Å²) in [6.45, 7) is 0. The van der Waals surface area contributed by atoms with Crippen LogP contribution in [0.3, 0.4) is 0 Å². The van der Waals surface area contributed by atoms with Crippen LogP contribution in [0.25, 0.3) is 21.5 Å². The van der Waals surface area contributed by atoms with Gasteiger partial charge in [-0.15, -0.1) is 0 Å². The Labute approximate surface area is 235 Å². The van der Waals surface area contributed by atoms with Gasteiger partial charge in [0.25, 0.3) is 0 Å². The van der Waals surface area contributed by atoms with Crippen LogP contribution in [0.15, 0.2) is 133 Å². The Hall–Kier alpha value is -5.68. The van der Waals surface area contributed by atoms with Gasteiger partial charge in [0.1, 0.15) is 0 Å². The molecular formula is C36H22O5. The van der Waals surface area contributed by atoms with E-state index in [4.69, 9.17) is 4.74 Å². The molecule has 0 aliphatic heterocycles. The van der Waals surface area contributed by atoms with Crippen LogP contribution in [0.4, 0.5) is 0 Å². The summed E-state index contributed by atoms with van der Waals surface area (Å²) < 4.78 is 5.36. The van der Waals surface area contributed by atoms with Crippen LogP contribution >= 0.6 is 0 Å². The van der Waals surface area contributed by atoms with E-state index < -0.39 is 11.9 Å². The highest BCUT2D eigenvalue weighted by Crippen LogP contribution is 2.28. The molecule has 5 nitrogen and oxygen atoms in total. The molecule has 0 amide bonds. The van der Waals surface area contributed by atoms with E-state index >= 15 is 0 Å². The van der Waals surface area contributed by atoms with Gasteiger partial charge in [0.2, 0.25) is 0 Å². The minimum absolute atomic E-state index is 0.166. The lowest BCUT2D eigenvalue weighted by Gasteiger charge is -2.12. The molecule has 41 heavy (non-hydrogen) atoms. The Morgan fingerprint density at radius 1 is 0.341 bits per heavy atom. The number of hydrogen-bond acceptors (Lipinski definition) is 5. The Balaban J connectivity index is 1.33. The van der Waals surface area contributed by atoms with Crippen molar-refractivity contribution in [2.75, 3.05) is 0 Å². The third-order valence-electron chi connectivity index (χ3n) is 7.03. The Bertz CT molecular complexity index is 1830. The van der Waals surface area contributed by atoms with Crippen molar-refractivity contribution in [3.63, 3.8) is 0 Å². The Morgan fingerprint density at radius 3 is 1.00 bits per heavy atom. The molecule has 196 valence electrons. The molecule has 6 aromatic rings. The predicted octanol–water partition coefficient (Wildman–Crippen LogP) is 7.45. The highest BCUT2D eigenvalue weighted by molar-refractivity contribution is 6.22. The lowest BCUT2D eigenvalue weighted by molar-refractivity contribution is 0.0400. The molecule has 6 aromatic carbocycles. The SMILES string of the molecule is O=C(OC(=O)c1ccc(C(=O)c2ccccc2)c2ccccc12)c1ccc(C(=O)c2ccccc2)c2ccccc12. The zero-order chi connectivity index (χ0) is 28.3. The number of benzene rings is 6. The summed E-state index contributed by atoms with van der Waals surface area (Å²) in [7, 11) is 0. The molecule has 0 heterocycles. The van der Waals surface area contributed by atoms with Gasteiger partial charge in [0.05, 0.1) is 11.1 Å². The van der Waals surface area contributed by atoms with E-state index in [1.165, 1.54) is 12.1 Å². The average molecular weight is 535 g/mol. The third-order valence-corrected chi connectivity index (χ3v) is 7.03. The molecule has 0 fully saturated rings.